The predicted octanol–water partition coefficient (Wildman–Crippen LogP) is 2.25. The topological polar surface area (TPSA) is 26.0 Å². The van der Waals surface area contributed by atoms with E-state index in [1.807, 2.05) is 12.2 Å². The first-order valence-electron chi connectivity index (χ1n) is 3.21. The third kappa shape index (κ3) is 3.53. The Morgan fingerprint density at radius 3 is 3.18 bits per heavy atom. The fraction of sp³-hybridized carbons (Fsp3) is 0.286. The highest BCUT2D eigenvalue weighted by Gasteiger charge is 1.93. The van der Waals surface area contributed by atoms with E-state index in [-0.39, 0.29) is 0 Å². The molecule has 0 atom stereocenters. The summed E-state index contributed by atoms with van der Waals surface area (Å²) in [6.45, 7) is 0. The van der Waals surface area contributed by atoms with E-state index in [0.29, 0.717) is 5.22 Å². The van der Waals surface area contributed by atoms with E-state index in [1.165, 1.54) is 0 Å². The van der Waals surface area contributed by atoms with Crippen LogP contribution in [0.4, 0.5) is 0 Å². The summed E-state index contributed by atoms with van der Waals surface area (Å²) < 4.78 is 5.01. The molecule has 0 N–H and O–H groups in total. The lowest BCUT2D eigenvalue weighted by molar-refractivity contribution is 0.454. The first-order valence-corrected chi connectivity index (χ1v) is 4.83. The molecular formula is C7H9NOS2. The van der Waals surface area contributed by atoms with Gasteiger partial charge in [-0.05, 0) is 0 Å². The lowest BCUT2D eigenvalue weighted by Gasteiger charge is -1.87. The summed E-state index contributed by atoms with van der Waals surface area (Å²) >= 11 is 5.60. The van der Waals surface area contributed by atoms with Crippen molar-refractivity contribution in [1.82, 2.24) is 4.98 Å². The van der Waals surface area contributed by atoms with Crippen LogP contribution < -0.4 is 0 Å². The van der Waals surface area contributed by atoms with Gasteiger partial charge in [0, 0.05) is 11.5 Å². The van der Waals surface area contributed by atoms with E-state index in [4.69, 9.17) is 4.42 Å². The Labute approximate surface area is 75.5 Å². The van der Waals surface area contributed by atoms with Gasteiger partial charge in [-0.1, -0.05) is 23.9 Å². The van der Waals surface area contributed by atoms with Crippen LogP contribution in [0.3, 0.4) is 0 Å². The molecule has 0 aliphatic carbocycles. The van der Waals surface area contributed by atoms with Crippen molar-refractivity contribution in [2.45, 2.75) is 5.22 Å². The van der Waals surface area contributed by atoms with Gasteiger partial charge in [-0.3, -0.25) is 0 Å². The Bertz CT molecular complexity index is 208. The molecule has 2 nitrogen and oxygen atoms in total. The van der Waals surface area contributed by atoms with Crippen LogP contribution in [-0.4, -0.2) is 16.5 Å². The van der Waals surface area contributed by atoms with E-state index >= 15 is 0 Å². The molecule has 0 spiro atoms. The summed E-state index contributed by atoms with van der Waals surface area (Å²) in [4.78, 5) is 3.96. The minimum Gasteiger partial charge on any atom is -0.440 e. The summed E-state index contributed by atoms with van der Waals surface area (Å²) in [7, 11) is 0. The van der Waals surface area contributed by atoms with Crippen LogP contribution >= 0.6 is 24.4 Å². The molecule has 1 heterocycles. The molecule has 0 saturated carbocycles. The van der Waals surface area contributed by atoms with Crippen molar-refractivity contribution in [3.05, 3.63) is 24.6 Å². The van der Waals surface area contributed by atoms with Crippen molar-refractivity contribution < 1.29 is 4.42 Å². The Kier molecular flexibility index (Phi) is 4.23. The monoisotopic (exact) mass is 187 g/mol. The minimum absolute atomic E-state index is 0.716. The highest BCUT2D eigenvalue weighted by molar-refractivity contribution is 7.99. The maximum Gasteiger partial charge on any atom is 0.255 e. The zero-order valence-electron chi connectivity index (χ0n) is 5.93. The van der Waals surface area contributed by atoms with Crippen molar-refractivity contribution in [3.63, 3.8) is 0 Å². The highest BCUT2D eigenvalue weighted by Crippen LogP contribution is 2.14. The molecule has 4 heteroatoms. The third-order valence-electron chi connectivity index (χ3n) is 0.985. The van der Waals surface area contributed by atoms with Gasteiger partial charge in [-0.25, -0.2) is 4.98 Å². The molecule has 60 valence electrons. The number of rotatable bonds is 4. The second kappa shape index (κ2) is 5.32. The number of oxazole rings is 1. The fourth-order valence-corrected chi connectivity index (χ4v) is 1.33. The van der Waals surface area contributed by atoms with Crippen LogP contribution in [-0.2, 0) is 0 Å². The van der Waals surface area contributed by atoms with Gasteiger partial charge in [-0.15, -0.1) is 0 Å². The van der Waals surface area contributed by atoms with Crippen molar-refractivity contribution in [3.8, 4) is 0 Å². The Morgan fingerprint density at radius 2 is 2.55 bits per heavy atom. The summed E-state index contributed by atoms with van der Waals surface area (Å²) in [5.41, 5.74) is 0. The quantitative estimate of drug-likeness (QED) is 0.445. The Morgan fingerprint density at radius 1 is 1.64 bits per heavy atom. The van der Waals surface area contributed by atoms with Gasteiger partial charge in [0.15, 0.2) is 0 Å². The van der Waals surface area contributed by atoms with Crippen LogP contribution in [0.1, 0.15) is 0 Å². The first-order chi connectivity index (χ1) is 5.43. The molecule has 0 radical (unpaired) electrons. The van der Waals surface area contributed by atoms with Gasteiger partial charge in [0.05, 0.1) is 6.20 Å². The maximum absolute atomic E-state index is 5.01. The molecule has 0 bridgehead atoms. The lowest BCUT2D eigenvalue weighted by Crippen LogP contribution is -1.72. The minimum atomic E-state index is 0.716. The standard InChI is InChI=1S/C7H9NOS2/c10-5-1-2-6-11-7-8-3-4-9-7/h1-4,10H,5-6H2/b2-1+. The van der Waals surface area contributed by atoms with Crippen LogP contribution in [0.2, 0.25) is 0 Å². The predicted molar refractivity (Wildman–Crippen MR) is 50.2 cm³/mol. The molecule has 1 aromatic heterocycles. The normalized spacial score (nSPS) is 11.0. The molecule has 0 fully saturated rings. The lowest BCUT2D eigenvalue weighted by atomic mass is 10.6. The van der Waals surface area contributed by atoms with Gasteiger partial charge in [-0.2, -0.15) is 12.6 Å². The maximum atomic E-state index is 5.01. The molecular weight excluding hydrogens is 178 g/mol. The molecule has 0 amide bonds. The number of nitrogens with zero attached hydrogens (tertiary/aromatic N) is 1. The molecule has 0 aliphatic rings. The van der Waals surface area contributed by atoms with Crippen molar-refractivity contribution in [2.24, 2.45) is 0 Å². The number of aromatic nitrogens is 1. The number of thiol groups is 1. The highest BCUT2D eigenvalue weighted by atomic mass is 32.2. The Hall–Kier alpha value is -0.350. The molecule has 1 aromatic rings. The van der Waals surface area contributed by atoms with Crippen molar-refractivity contribution >= 4 is 24.4 Å². The van der Waals surface area contributed by atoms with E-state index in [9.17, 15) is 0 Å². The number of hydrogen-bond donors (Lipinski definition) is 1. The zero-order valence-corrected chi connectivity index (χ0v) is 7.65. The van der Waals surface area contributed by atoms with Gasteiger partial charge in [0.2, 0.25) is 0 Å². The summed E-state index contributed by atoms with van der Waals surface area (Å²) in [5.74, 6) is 1.67. The largest absolute Gasteiger partial charge is 0.440 e. The van der Waals surface area contributed by atoms with E-state index < -0.39 is 0 Å². The summed E-state index contributed by atoms with van der Waals surface area (Å²) in [5, 5.41) is 0.716. The smallest absolute Gasteiger partial charge is 0.255 e. The third-order valence-corrected chi connectivity index (χ3v) is 2.00. The van der Waals surface area contributed by atoms with Gasteiger partial charge in [0.1, 0.15) is 6.26 Å². The van der Waals surface area contributed by atoms with Crippen LogP contribution in [0.15, 0.2) is 34.3 Å². The SMILES string of the molecule is SC/C=C/CSc1ncco1. The van der Waals surface area contributed by atoms with Gasteiger partial charge >= 0.3 is 0 Å². The van der Waals surface area contributed by atoms with Gasteiger partial charge in [0.25, 0.3) is 5.22 Å². The van der Waals surface area contributed by atoms with E-state index in [0.717, 1.165) is 11.5 Å². The zero-order chi connectivity index (χ0) is 7.94. The molecule has 1 rings (SSSR count). The second-order valence-electron chi connectivity index (χ2n) is 1.76. The van der Waals surface area contributed by atoms with Crippen molar-refractivity contribution in [1.29, 1.82) is 0 Å². The average Bonchev–Trinajstić information content (AvgIpc) is 2.50. The van der Waals surface area contributed by atoms with Gasteiger partial charge < -0.3 is 4.42 Å². The molecule has 0 unspecified atom stereocenters. The van der Waals surface area contributed by atoms with Crippen LogP contribution in [0.25, 0.3) is 0 Å². The van der Waals surface area contributed by atoms with Crippen LogP contribution in [0, 0.1) is 0 Å². The molecule has 0 saturated heterocycles. The number of thioether (sulfide) groups is 1. The number of hydrogen-bond acceptors (Lipinski definition) is 4. The fourth-order valence-electron chi connectivity index (χ4n) is 0.544. The van der Waals surface area contributed by atoms with E-state index in [1.54, 1.807) is 24.2 Å². The van der Waals surface area contributed by atoms with Crippen molar-refractivity contribution in [2.75, 3.05) is 11.5 Å². The molecule has 11 heavy (non-hydrogen) atoms. The second-order valence-corrected chi connectivity index (χ2v) is 3.10. The summed E-state index contributed by atoms with van der Waals surface area (Å²) in [6, 6.07) is 0. The molecule has 0 aromatic carbocycles. The Balaban J connectivity index is 2.19. The molecule has 0 aliphatic heterocycles. The first kappa shape index (κ1) is 8.74. The average molecular weight is 187 g/mol. The van der Waals surface area contributed by atoms with Crippen LogP contribution in [0.5, 0.6) is 0 Å². The summed E-state index contributed by atoms with van der Waals surface area (Å²) in [6.07, 6.45) is 7.26. The van der Waals surface area contributed by atoms with E-state index in [2.05, 4.69) is 17.6 Å².